The average Bonchev–Trinajstić information content (AvgIpc) is 3.04. The molecule has 1 aliphatic rings. The van der Waals surface area contributed by atoms with Gasteiger partial charge in [-0.2, -0.15) is 0 Å². The molecule has 0 spiro atoms. The Kier molecular flexibility index (Phi) is 7.68. The Morgan fingerprint density at radius 3 is 2.39 bits per heavy atom. The van der Waals surface area contributed by atoms with Crippen LogP contribution in [0.1, 0.15) is 23.6 Å². The molecule has 1 amide bonds. The molecule has 3 rings (SSSR count). The molecule has 1 atom stereocenters. The van der Waals surface area contributed by atoms with Crippen molar-refractivity contribution in [2.75, 3.05) is 33.4 Å². The smallest absolute Gasteiger partial charge is 0.295 e. The highest BCUT2D eigenvalue weighted by Crippen LogP contribution is 2.39. The Bertz CT molecular complexity index is 957. The van der Waals surface area contributed by atoms with Crippen LogP contribution < -0.4 is 10.1 Å². The Morgan fingerprint density at radius 1 is 1.10 bits per heavy atom. The molecule has 164 valence electrons. The van der Waals surface area contributed by atoms with Gasteiger partial charge in [-0.1, -0.05) is 23.7 Å². The lowest BCUT2D eigenvalue weighted by Gasteiger charge is -2.25. The summed E-state index contributed by atoms with van der Waals surface area (Å²) in [5.74, 6) is -0.974. The van der Waals surface area contributed by atoms with Gasteiger partial charge in [0.05, 0.1) is 25.3 Å². The van der Waals surface area contributed by atoms with Gasteiger partial charge in [-0.05, 0) is 54.9 Å². The van der Waals surface area contributed by atoms with E-state index < -0.39 is 17.7 Å². The number of aliphatic hydroxyl groups excluding tert-OH is 2. The number of hydrogen-bond acceptors (Lipinski definition) is 6. The summed E-state index contributed by atoms with van der Waals surface area (Å²) in [7, 11) is 1.56. The molecule has 2 aromatic carbocycles. The minimum Gasteiger partial charge on any atom is -0.507 e. The Labute approximate surface area is 185 Å². The van der Waals surface area contributed by atoms with E-state index in [0.717, 1.165) is 0 Å². The number of Topliss-reactive ketones (excluding diaryl/α,β-unsaturated/α-hetero) is 1. The number of aliphatic hydroxyl groups is 2. The summed E-state index contributed by atoms with van der Waals surface area (Å²) in [6.07, 6.45) is 0.584. The number of likely N-dealkylation sites (tertiary alicyclic amines) is 1. The first-order valence-corrected chi connectivity index (χ1v) is 10.4. The number of nitrogens with zero attached hydrogens (tertiary/aromatic N) is 1. The first-order valence-electron chi connectivity index (χ1n) is 9.97. The van der Waals surface area contributed by atoms with E-state index in [4.69, 9.17) is 21.4 Å². The third kappa shape index (κ3) is 5.07. The number of carbonyl (C=O) groups excluding carboxylic acids is 2. The van der Waals surface area contributed by atoms with Crippen molar-refractivity contribution in [1.82, 2.24) is 10.2 Å². The molecular formula is C23H25ClN2O5. The van der Waals surface area contributed by atoms with Gasteiger partial charge in [0.25, 0.3) is 11.7 Å². The number of ether oxygens (including phenoxy) is 1. The summed E-state index contributed by atoms with van der Waals surface area (Å²) in [4.78, 5) is 27.3. The molecule has 1 unspecified atom stereocenters. The van der Waals surface area contributed by atoms with Crippen molar-refractivity contribution in [2.24, 2.45) is 0 Å². The summed E-state index contributed by atoms with van der Waals surface area (Å²) in [5.41, 5.74) is 1.14. The van der Waals surface area contributed by atoms with Gasteiger partial charge in [0, 0.05) is 23.7 Å². The molecule has 1 aliphatic heterocycles. The van der Waals surface area contributed by atoms with Crippen LogP contribution in [0.3, 0.4) is 0 Å². The normalized spacial score (nSPS) is 17.9. The second-order valence-corrected chi connectivity index (χ2v) is 7.54. The van der Waals surface area contributed by atoms with Crippen LogP contribution in [-0.4, -0.2) is 60.2 Å². The van der Waals surface area contributed by atoms with Crippen LogP contribution in [0.4, 0.5) is 0 Å². The maximum Gasteiger partial charge on any atom is 0.295 e. The highest BCUT2D eigenvalue weighted by atomic mass is 35.5. The summed E-state index contributed by atoms with van der Waals surface area (Å²) in [6.45, 7) is 1.38. The van der Waals surface area contributed by atoms with Crippen LogP contribution in [-0.2, 0) is 9.59 Å². The number of nitrogens with one attached hydrogen (secondary N) is 1. The first kappa shape index (κ1) is 22.8. The number of amides is 1. The van der Waals surface area contributed by atoms with Crippen molar-refractivity contribution in [2.45, 2.75) is 12.5 Å². The van der Waals surface area contributed by atoms with Crippen molar-refractivity contribution >= 4 is 29.1 Å². The highest BCUT2D eigenvalue weighted by molar-refractivity contribution is 6.46. The third-order valence-corrected chi connectivity index (χ3v) is 5.38. The van der Waals surface area contributed by atoms with E-state index in [0.29, 0.717) is 48.0 Å². The van der Waals surface area contributed by atoms with Crippen LogP contribution in [0, 0.1) is 0 Å². The molecule has 2 aromatic rings. The predicted molar refractivity (Wildman–Crippen MR) is 118 cm³/mol. The fraction of sp³-hybridized carbons (Fsp3) is 0.304. The van der Waals surface area contributed by atoms with Crippen molar-refractivity contribution in [3.05, 3.63) is 70.3 Å². The molecule has 0 aromatic heterocycles. The Balaban J connectivity index is 2.00. The van der Waals surface area contributed by atoms with Crippen LogP contribution >= 0.6 is 11.6 Å². The molecule has 0 saturated carbocycles. The van der Waals surface area contributed by atoms with Gasteiger partial charge in [0.15, 0.2) is 0 Å². The number of carbonyl (C=O) groups is 2. The van der Waals surface area contributed by atoms with Crippen LogP contribution in [0.25, 0.3) is 5.76 Å². The van der Waals surface area contributed by atoms with E-state index in [2.05, 4.69) is 5.32 Å². The zero-order valence-electron chi connectivity index (χ0n) is 17.2. The second kappa shape index (κ2) is 10.4. The van der Waals surface area contributed by atoms with E-state index >= 15 is 0 Å². The molecule has 0 aliphatic carbocycles. The maximum atomic E-state index is 12.9. The number of methoxy groups -OCH3 is 1. The summed E-state index contributed by atoms with van der Waals surface area (Å²) in [5, 5.41) is 23.4. The molecular weight excluding hydrogens is 420 g/mol. The Hall–Kier alpha value is -2.87. The molecule has 31 heavy (non-hydrogen) atoms. The van der Waals surface area contributed by atoms with Gasteiger partial charge in [-0.15, -0.1) is 0 Å². The molecule has 8 heteroatoms. The molecule has 7 nitrogen and oxygen atoms in total. The molecule has 1 fully saturated rings. The zero-order chi connectivity index (χ0) is 22.4. The van der Waals surface area contributed by atoms with Gasteiger partial charge in [-0.3, -0.25) is 9.59 Å². The number of hydrogen-bond donors (Lipinski definition) is 3. The lowest BCUT2D eigenvalue weighted by molar-refractivity contribution is -0.139. The Morgan fingerprint density at radius 2 is 1.77 bits per heavy atom. The van der Waals surface area contributed by atoms with E-state index in [1.807, 2.05) is 0 Å². The van der Waals surface area contributed by atoms with Crippen molar-refractivity contribution in [3.63, 3.8) is 0 Å². The molecule has 3 N–H and O–H groups in total. The lowest BCUT2D eigenvalue weighted by Crippen LogP contribution is -2.32. The van der Waals surface area contributed by atoms with Gasteiger partial charge >= 0.3 is 0 Å². The topological polar surface area (TPSA) is 99.1 Å². The number of rotatable bonds is 9. The molecule has 1 saturated heterocycles. The molecule has 0 bridgehead atoms. The van der Waals surface area contributed by atoms with Gasteiger partial charge in [0.1, 0.15) is 11.5 Å². The fourth-order valence-electron chi connectivity index (χ4n) is 3.59. The van der Waals surface area contributed by atoms with Crippen LogP contribution in [0.5, 0.6) is 5.75 Å². The largest absolute Gasteiger partial charge is 0.507 e. The summed E-state index contributed by atoms with van der Waals surface area (Å²) in [6, 6.07) is 12.8. The molecule has 1 heterocycles. The van der Waals surface area contributed by atoms with E-state index in [1.165, 1.54) is 4.90 Å². The van der Waals surface area contributed by atoms with Crippen molar-refractivity contribution in [3.8, 4) is 5.75 Å². The fourth-order valence-corrected chi connectivity index (χ4v) is 3.71. The maximum absolute atomic E-state index is 12.9. The van der Waals surface area contributed by atoms with Gasteiger partial charge in [-0.25, -0.2) is 0 Å². The molecule has 0 radical (unpaired) electrons. The second-order valence-electron chi connectivity index (χ2n) is 7.10. The number of benzene rings is 2. The summed E-state index contributed by atoms with van der Waals surface area (Å²) < 4.78 is 5.21. The number of halogens is 1. The first-order chi connectivity index (χ1) is 15.0. The predicted octanol–water partition coefficient (Wildman–Crippen LogP) is 2.74. The van der Waals surface area contributed by atoms with E-state index in [9.17, 15) is 14.7 Å². The number of ketones is 1. The van der Waals surface area contributed by atoms with Crippen molar-refractivity contribution < 1.29 is 24.5 Å². The minimum atomic E-state index is -0.725. The van der Waals surface area contributed by atoms with E-state index in [-0.39, 0.29) is 17.9 Å². The van der Waals surface area contributed by atoms with Crippen molar-refractivity contribution in [1.29, 1.82) is 0 Å². The highest BCUT2D eigenvalue weighted by Gasteiger charge is 2.45. The lowest BCUT2D eigenvalue weighted by atomic mass is 9.95. The third-order valence-electron chi connectivity index (χ3n) is 5.13. The minimum absolute atomic E-state index is 0.0253. The summed E-state index contributed by atoms with van der Waals surface area (Å²) >= 11 is 5.94. The average molecular weight is 445 g/mol. The SMILES string of the molecule is COc1ccc(C2/C(=C(\O)c3ccc(Cl)cc3)C(=O)C(=O)N2CCCNCCO)cc1. The quantitative estimate of drug-likeness (QED) is 0.238. The van der Waals surface area contributed by atoms with Crippen LogP contribution in [0.2, 0.25) is 5.02 Å². The monoisotopic (exact) mass is 444 g/mol. The zero-order valence-corrected chi connectivity index (χ0v) is 17.9. The van der Waals surface area contributed by atoms with Gasteiger partial charge in [0.2, 0.25) is 0 Å². The standard InChI is InChI=1S/C23H25ClN2O5/c1-31-18-9-5-15(6-10-18)20-19(21(28)16-3-7-17(24)8-4-16)22(29)23(30)26(20)13-2-11-25-12-14-27/h3-10,20,25,27-28H,2,11-14H2,1H3/b21-19+. The van der Waals surface area contributed by atoms with E-state index in [1.54, 1.807) is 55.6 Å². The van der Waals surface area contributed by atoms with Gasteiger partial charge < -0.3 is 25.2 Å². The van der Waals surface area contributed by atoms with Crippen LogP contribution in [0.15, 0.2) is 54.1 Å².